The van der Waals surface area contributed by atoms with Crippen molar-refractivity contribution in [2.75, 3.05) is 36.5 Å². The van der Waals surface area contributed by atoms with Crippen molar-refractivity contribution in [3.8, 4) is 0 Å². The molecule has 2 aromatic heterocycles. The van der Waals surface area contributed by atoms with E-state index in [0.29, 0.717) is 35.8 Å². The van der Waals surface area contributed by atoms with Gasteiger partial charge in [-0.25, -0.2) is 0 Å². The molecule has 5 rings (SSSR count). The molecule has 2 aliphatic heterocycles. The zero-order valence-corrected chi connectivity index (χ0v) is 15.5. The van der Waals surface area contributed by atoms with Gasteiger partial charge in [0.2, 0.25) is 17.8 Å². The fraction of sp³-hybridized carbons (Fsp3) is 0.556. The molecule has 3 aliphatic rings. The summed E-state index contributed by atoms with van der Waals surface area (Å²) < 4.78 is 7.24. The van der Waals surface area contributed by atoms with E-state index in [1.54, 1.807) is 16.8 Å². The van der Waals surface area contributed by atoms with Crippen LogP contribution < -0.4 is 15.5 Å². The highest BCUT2D eigenvalue weighted by Crippen LogP contribution is 2.27. The fourth-order valence-corrected chi connectivity index (χ4v) is 3.48. The number of amides is 1. The highest BCUT2D eigenvalue weighted by Gasteiger charge is 2.27. The van der Waals surface area contributed by atoms with Gasteiger partial charge in [-0.1, -0.05) is 0 Å². The number of aliphatic hydroxyl groups excluding tert-OH is 1. The van der Waals surface area contributed by atoms with E-state index >= 15 is 0 Å². The van der Waals surface area contributed by atoms with Crippen LogP contribution >= 0.6 is 0 Å². The van der Waals surface area contributed by atoms with Crippen LogP contribution in [0.15, 0.2) is 11.8 Å². The van der Waals surface area contributed by atoms with E-state index in [1.165, 1.54) is 0 Å². The fourth-order valence-electron chi connectivity index (χ4n) is 3.48. The van der Waals surface area contributed by atoms with E-state index in [1.807, 2.05) is 0 Å². The first-order valence-corrected chi connectivity index (χ1v) is 9.72. The number of fused-ring (bicyclic) bond motifs is 1. The Balaban J connectivity index is 1.57. The quantitative estimate of drug-likeness (QED) is 0.637. The van der Waals surface area contributed by atoms with Crippen LogP contribution in [0, 0.1) is 0 Å². The van der Waals surface area contributed by atoms with Crippen molar-refractivity contribution >= 4 is 29.5 Å². The standard InChI is InChI=1S/C18H23N7O3/c26-14-9-11(16(27)21-14)8-12-10-19-25-15(12)22-17(23-18(25)20-13-2-3-13)24-4-1-6-28-7-5-24/h8,10,13-14,26H,1-7,9H2,(H,21,27)(H,20,22,23). The molecule has 3 N–H and O–H groups in total. The number of ether oxygens (including phenoxy) is 1. The van der Waals surface area contributed by atoms with Crippen molar-refractivity contribution in [1.82, 2.24) is 24.9 Å². The summed E-state index contributed by atoms with van der Waals surface area (Å²) in [5, 5.41) is 20.0. The van der Waals surface area contributed by atoms with Crippen molar-refractivity contribution < 1.29 is 14.6 Å². The van der Waals surface area contributed by atoms with Crippen LogP contribution in [0.3, 0.4) is 0 Å². The number of rotatable bonds is 4. The second-order valence-corrected chi connectivity index (χ2v) is 7.42. The molecular formula is C18H23N7O3. The molecule has 2 aromatic rings. The lowest BCUT2D eigenvalue weighted by molar-refractivity contribution is -0.117. The number of hydrogen-bond donors (Lipinski definition) is 3. The first-order chi connectivity index (χ1) is 13.7. The number of aliphatic hydroxyl groups is 1. The van der Waals surface area contributed by atoms with Crippen molar-refractivity contribution in [3.05, 3.63) is 17.3 Å². The molecule has 1 atom stereocenters. The number of nitrogens with one attached hydrogen (secondary N) is 2. The van der Waals surface area contributed by atoms with E-state index in [2.05, 4.69) is 20.6 Å². The SMILES string of the molecule is O=C1NC(O)CC1=Cc1cnn2c(NC3CC3)nc(N3CCCOCC3)nc12. The molecule has 2 saturated heterocycles. The molecule has 0 radical (unpaired) electrons. The number of anilines is 2. The van der Waals surface area contributed by atoms with Crippen LogP contribution in [-0.2, 0) is 9.53 Å². The van der Waals surface area contributed by atoms with Crippen LogP contribution in [0.25, 0.3) is 11.7 Å². The van der Waals surface area contributed by atoms with Gasteiger partial charge >= 0.3 is 0 Å². The van der Waals surface area contributed by atoms with Gasteiger partial charge in [0.1, 0.15) is 6.23 Å². The largest absolute Gasteiger partial charge is 0.380 e. The molecule has 1 unspecified atom stereocenters. The van der Waals surface area contributed by atoms with E-state index in [-0.39, 0.29) is 12.3 Å². The molecule has 1 aliphatic carbocycles. The summed E-state index contributed by atoms with van der Waals surface area (Å²) in [6, 6.07) is 0.417. The van der Waals surface area contributed by atoms with Crippen LogP contribution in [0.2, 0.25) is 0 Å². The van der Waals surface area contributed by atoms with Gasteiger partial charge in [0.05, 0.1) is 12.8 Å². The van der Waals surface area contributed by atoms with Gasteiger partial charge in [0, 0.05) is 43.3 Å². The number of aromatic nitrogens is 4. The smallest absolute Gasteiger partial charge is 0.249 e. The monoisotopic (exact) mass is 385 g/mol. The predicted octanol–water partition coefficient (Wildman–Crippen LogP) is 0.147. The van der Waals surface area contributed by atoms with Crippen LogP contribution in [0.1, 0.15) is 31.2 Å². The molecule has 148 valence electrons. The third-order valence-electron chi connectivity index (χ3n) is 5.13. The number of hydrogen-bond acceptors (Lipinski definition) is 8. The molecule has 0 bridgehead atoms. The Morgan fingerprint density at radius 2 is 2.18 bits per heavy atom. The van der Waals surface area contributed by atoms with Crippen molar-refractivity contribution in [1.29, 1.82) is 0 Å². The molecular weight excluding hydrogens is 362 g/mol. The minimum atomic E-state index is -0.838. The lowest BCUT2D eigenvalue weighted by Gasteiger charge is -2.20. The summed E-state index contributed by atoms with van der Waals surface area (Å²) in [7, 11) is 0. The number of carbonyl (C=O) groups is 1. The van der Waals surface area contributed by atoms with Gasteiger partial charge in [-0.2, -0.15) is 19.6 Å². The number of carbonyl (C=O) groups excluding carboxylic acids is 1. The maximum Gasteiger partial charge on any atom is 0.249 e. The third kappa shape index (κ3) is 3.40. The van der Waals surface area contributed by atoms with Crippen LogP contribution in [0.4, 0.5) is 11.9 Å². The minimum absolute atomic E-state index is 0.262. The van der Waals surface area contributed by atoms with Crippen LogP contribution in [0.5, 0.6) is 0 Å². The lowest BCUT2D eigenvalue weighted by atomic mass is 10.1. The molecule has 10 nitrogen and oxygen atoms in total. The Kier molecular flexibility index (Phi) is 4.36. The van der Waals surface area contributed by atoms with Crippen molar-refractivity contribution in [2.24, 2.45) is 0 Å². The first-order valence-electron chi connectivity index (χ1n) is 9.72. The molecule has 10 heteroatoms. The molecule has 0 aromatic carbocycles. The highest BCUT2D eigenvalue weighted by molar-refractivity contribution is 6.00. The van der Waals surface area contributed by atoms with Gasteiger partial charge in [0.25, 0.3) is 0 Å². The zero-order valence-electron chi connectivity index (χ0n) is 15.5. The molecule has 1 saturated carbocycles. The second kappa shape index (κ2) is 7.02. The Morgan fingerprint density at radius 1 is 1.29 bits per heavy atom. The normalized spacial score (nSPS) is 24.6. The molecule has 3 fully saturated rings. The summed E-state index contributed by atoms with van der Waals surface area (Å²) >= 11 is 0. The Bertz CT molecular complexity index is 929. The maximum absolute atomic E-state index is 12.0. The summed E-state index contributed by atoms with van der Waals surface area (Å²) in [6.07, 6.45) is 6.02. The Labute approximate surface area is 161 Å². The average molecular weight is 385 g/mol. The molecule has 1 amide bonds. The predicted molar refractivity (Wildman–Crippen MR) is 102 cm³/mol. The van der Waals surface area contributed by atoms with Crippen LogP contribution in [-0.4, -0.2) is 69.2 Å². The van der Waals surface area contributed by atoms with Gasteiger partial charge in [0.15, 0.2) is 5.65 Å². The van der Waals surface area contributed by atoms with Gasteiger partial charge < -0.3 is 25.4 Å². The van der Waals surface area contributed by atoms with Gasteiger partial charge in [-0.15, -0.1) is 0 Å². The molecule has 4 heterocycles. The zero-order chi connectivity index (χ0) is 19.1. The number of nitrogens with zero attached hydrogens (tertiary/aromatic N) is 5. The summed E-state index contributed by atoms with van der Waals surface area (Å²) in [4.78, 5) is 23.6. The average Bonchev–Trinajstić information content (AvgIpc) is 3.39. The van der Waals surface area contributed by atoms with E-state index in [0.717, 1.165) is 44.5 Å². The Hall–Kier alpha value is -2.72. The second-order valence-electron chi connectivity index (χ2n) is 7.42. The third-order valence-corrected chi connectivity index (χ3v) is 5.13. The van der Waals surface area contributed by atoms with Gasteiger partial charge in [-0.05, 0) is 25.3 Å². The summed E-state index contributed by atoms with van der Waals surface area (Å²) in [5.74, 6) is 1.03. The Morgan fingerprint density at radius 3 is 2.96 bits per heavy atom. The summed E-state index contributed by atoms with van der Waals surface area (Å²) in [6.45, 7) is 2.96. The first kappa shape index (κ1) is 17.4. The molecule has 0 spiro atoms. The topological polar surface area (TPSA) is 117 Å². The summed E-state index contributed by atoms with van der Waals surface area (Å²) in [5.41, 5.74) is 1.88. The van der Waals surface area contributed by atoms with Crippen molar-refractivity contribution in [2.45, 2.75) is 38.0 Å². The lowest BCUT2D eigenvalue weighted by Crippen LogP contribution is -2.28. The maximum atomic E-state index is 12.0. The van der Waals surface area contributed by atoms with Crippen molar-refractivity contribution in [3.63, 3.8) is 0 Å². The van der Waals surface area contributed by atoms with E-state index in [9.17, 15) is 9.90 Å². The minimum Gasteiger partial charge on any atom is -0.380 e. The highest BCUT2D eigenvalue weighted by atomic mass is 16.5. The molecule has 28 heavy (non-hydrogen) atoms. The van der Waals surface area contributed by atoms with E-state index < -0.39 is 6.23 Å². The van der Waals surface area contributed by atoms with Gasteiger partial charge in [-0.3, -0.25) is 4.79 Å². The van der Waals surface area contributed by atoms with E-state index in [4.69, 9.17) is 14.7 Å².